The first kappa shape index (κ1) is 18.7. The number of nitrogens with one attached hydrogen (secondary N) is 1. The van der Waals surface area contributed by atoms with E-state index in [2.05, 4.69) is 20.4 Å². The fourth-order valence-corrected chi connectivity index (χ4v) is 3.31. The summed E-state index contributed by atoms with van der Waals surface area (Å²) in [4.78, 5) is 14.4. The summed E-state index contributed by atoms with van der Waals surface area (Å²) >= 11 is -0.274. The molecule has 1 fully saturated rings. The standard InChI is InChI=1S/C16H17F3N4O2S/c1-23-7-5-10(6-8-23)14-21-22-15(25-14)20-13(24)11-3-2-4-12(9-11)26-16(17,18)19/h2-4,9-10H,5-8H2,1H3,(H,20,22,24). The van der Waals surface area contributed by atoms with Crippen molar-refractivity contribution < 1.29 is 22.4 Å². The maximum absolute atomic E-state index is 12.5. The Bertz CT molecular complexity index is 773. The van der Waals surface area contributed by atoms with Crippen molar-refractivity contribution in [3.8, 4) is 0 Å². The first-order valence-corrected chi connectivity index (χ1v) is 8.81. The van der Waals surface area contributed by atoms with Crippen molar-refractivity contribution in [1.29, 1.82) is 0 Å². The molecule has 1 aliphatic heterocycles. The molecule has 3 rings (SSSR count). The molecular weight excluding hydrogens is 369 g/mol. The summed E-state index contributed by atoms with van der Waals surface area (Å²) in [5.41, 5.74) is -4.33. The Labute approximate surface area is 152 Å². The zero-order valence-corrected chi connectivity index (χ0v) is 14.7. The van der Waals surface area contributed by atoms with Gasteiger partial charge in [0.05, 0.1) is 0 Å². The average molecular weight is 386 g/mol. The van der Waals surface area contributed by atoms with E-state index >= 15 is 0 Å². The molecule has 0 atom stereocenters. The number of aromatic nitrogens is 2. The highest BCUT2D eigenvalue weighted by Crippen LogP contribution is 2.37. The number of alkyl halides is 3. The molecule has 6 nitrogen and oxygen atoms in total. The summed E-state index contributed by atoms with van der Waals surface area (Å²) in [7, 11) is 2.04. The molecule has 26 heavy (non-hydrogen) atoms. The van der Waals surface area contributed by atoms with Crippen molar-refractivity contribution in [2.45, 2.75) is 29.2 Å². The van der Waals surface area contributed by atoms with E-state index in [1.165, 1.54) is 24.3 Å². The smallest absolute Gasteiger partial charge is 0.408 e. The Morgan fingerprint density at radius 1 is 1.31 bits per heavy atom. The predicted molar refractivity (Wildman–Crippen MR) is 90.1 cm³/mol. The van der Waals surface area contributed by atoms with Crippen LogP contribution in [0.3, 0.4) is 0 Å². The minimum Gasteiger partial charge on any atom is -0.408 e. The Kier molecular flexibility index (Phi) is 5.52. The Morgan fingerprint density at radius 3 is 2.73 bits per heavy atom. The van der Waals surface area contributed by atoms with Crippen LogP contribution >= 0.6 is 11.8 Å². The lowest BCUT2D eigenvalue weighted by atomic mass is 9.97. The summed E-state index contributed by atoms with van der Waals surface area (Å²) in [5, 5.41) is 10.2. The molecule has 0 aliphatic carbocycles. The minimum atomic E-state index is -4.41. The predicted octanol–water partition coefficient (Wildman–Crippen LogP) is 3.74. The van der Waals surface area contributed by atoms with Crippen molar-refractivity contribution >= 4 is 23.7 Å². The van der Waals surface area contributed by atoms with Crippen molar-refractivity contribution in [2.75, 3.05) is 25.5 Å². The van der Waals surface area contributed by atoms with E-state index in [9.17, 15) is 18.0 Å². The number of carbonyl (C=O) groups is 1. The van der Waals surface area contributed by atoms with Crippen LogP contribution < -0.4 is 5.32 Å². The first-order valence-electron chi connectivity index (χ1n) is 7.99. The minimum absolute atomic E-state index is 0.0576. The van der Waals surface area contributed by atoms with E-state index in [4.69, 9.17) is 4.42 Å². The van der Waals surface area contributed by atoms with Crippen LogP contribution in [0.2, 0.25) is 0 Å². The molecule has 1 aromatic carbocycles. The van der Waals surface area contributed by atoms with Crippen LogP contribution in [0.15, 0.2) is 33.6 Å². The maximum atomic E-state index is 12.5. The highest BCUT2D eigenvalue weighted by molar-refractivity contribution is 8.00. The number of amides is 1. The number of likely N-dealkylation sites (tertiary alicyclic amines) is 1. The van der Waals surface area contributed by atoms with Gasteiger partial charge in [0, 0.05) is 16.4 Å². The third-order valence-corrected chi connectivity index (χ3v) is 4.78. The van der Waals surface area contributed by atoms with Crippen LogP contribution in [0.4, 0.5) is 19.2 Å². The quantitative estimate of drug-likeness (QED) is 0.807. The number of hydrogen-bond donors (Lipinski definition) is 1. The van der Waals surface area contributed by atoms with Crippen LogP contribution in [0, 0.1) is 0 Å². The molecule has 0 radical (unpaired) electrons. The van der Waals surface area contributed by atoms with Crippen LogP contribution in [0.1, 0.15) is 35.0 Å². The molecule has 0 saturated carbocycles. The number of hydrogen-bond acceptors (Lipinski definition) is 6. The third-order valence-electron chi connectivity index (χ3n) is 4.06. The zero-order valence-electron chi connectivity index (χ0n) is 13.9. The van der Waals surface area contributed by atoms with E-state index in [1.54, 1.807) is 0 Å². The number of halogens is 3. The second-order valence-corrected chi connectivity index (χ2v) is 7.19. The maximum Gasteiger partial charge on any atom is 0.446 e. The van der Waals surface area contributed by atoms with Crippen LogP contribution in [0.5, 0.6) is 0 Å². The van der Waals surface area contributed by atoms with Gasteiger partial charge in [-0.25, -0.2) is 0 Å². The van der Waals surface area contributed by atoms with Gasteiger partial charge in [-0.05, 0) is 62.9 Å². The largest absolute Gasteiger partial charge is 0.446 e. The number of anilines is 1. The molecule has 1 saturated heterocycles. The second-order valence-electron chi connectivity index (χ2n) is 6.05. The average Bonchev–Trinajstić information content (AvgIpc) is 3.02. The molecule has 2 aromatic rings. The normalized spacial score (nSPS) is 16.6. The summed E-state index contributed by atoms with van der Waals surface area (Å²) in [6, 6.07) is 5.21. The van der Waals surface area contributed by atoms with Crippen LogP contribution in [0.25, 0.3) is 0 Å². The van der Waals surface area contributed by atoms with Gasteiger partial charge in [-0.3, -0.25) is 10.1 Å². The van der Waals surface area contributed by atoms with Gasteiger partial charge in [0.2, 0.25) is 5.89 Å². The van der Waals surface area contributed by atoms with Crippen molar-refractivity contribution in [2.24, 2.45) is 0 Å². The van der Waals surface area contributed by atoms with Gasteiger partial charge in [0.25, 0.3) is 5.91 Å². The lowest BCUT2D eigenvalue weighted by Crippen LogP contribution is -2.29. The molecule has 140 valence electrons. The monoisotopic (exact) mass is 386 g/mol. The molecular formula is C16H17F3N4O2S. The highest BCUT2D eigenvalue weighted by atomic mass is 32.2. The zero-order chi connectivity index (χ0) is 18.7. The van der Waals surface area contributed by atoms with E-state index < -0.39 is 11.4 Å². The highest BCUT2D eigenvalue weighted by Gasteiger charge is 2.29. The second kappa shape index (κ2) is 7.67. The van der Waals surface area contributed by atoms with E-state index in [0.717, 1.165) is 25.9 Å². The molecule has 1 amide bonds. The number of carbonyl (C=O) groups excluding carboxylic acids is 1. The van der Waals surface area contributed by atoms with Crippen molar-refractivity contribution in [3.63, 3.8) is 0 Å². The van der Waals surface area contributed by atoms with Gasteiger partial charge in [-0.2, -0.15) is 13.2 Å². The topological polar surface area (TPSA) is 71.3 Å². The molecule has 2 heterocycles. The Morgan fingerprint density at radius 2 is 2.04 bits per heavy atom. The third kappa shape index (κ3) is 4.98. The lowest BCUT2D eigenvalue weighted by Gasteiger charge is -2.26. The van der Waals surface area contributed by atoms with Gasteiger partial charge < -0.3 is 9.32 Å². The molecule has 0 spiro atoms. The van der Waals surface area contributed by atoms with Crippen molar-refractivity contribution in [1.82, 2.24) is 15.1 Å². The first-order chi connectivity index (χ1) is 12.3. The Balaban J connectivity index is 1.64. The van der Waals surface area contributed by atoms with Gasteiger partial charge in [-0.15, -0.1) is 5.10 Å². The summed E-state index contributed by atoms with van der Waals surface area (Å²) in [6.45, 7) is 1.86. The van der Waals surface area contributed by atoms with Gasteiger partial charge >= 0.3 is 11.5 Å². The van der Waals surface area contributed by atoms with E-state index in [1.807, 2.05) is 7.05 Å². The molecule has 1 aliphatic rings. The summed E-state index contributed by atoms with van der Waals surface area (Å²) in [5.74, 6) is 0.0128. The number of piperidine rings is 1. The van der Waals surface area contributed by atoms with Gasteiger partial charge in [-0.1, -0.05) is 11.2 Å². The van der Waals surface area contributed by atoms with Crippen molar-refractivity contribution in [3.05, 3.63) is 35.7 Å². The number of thioether (sulfide) groups is 1. The number of benzene rings is 1. The number of rotatable bonds is 4. The SMILES string of the molecule is CN1CCC(c2nnc(NC(=O)c3cccc(SC(F)(F)F)c3)o2)CC1. The van der Waals surface area contributed by atoms with Crippen LogP contribution in [-0.2, 0) is 0 Å². The fourth-order valence-electron chi connectivity index (χ4n) is 2.71. The van der Waals surface area contributed by atoms with Gasteiger partial charge in [0.15, 0.2) is 0 Å². The molecule has 0 unspecified atom stereocenters. The van der Waals surface area contributed by atoms with Crippen LogP contribution in [-0.4, -0.2) is 46.6 Å². The fraction of sp³-hybridized carbons (Fsp3) is 0.438. The molecule has 1 N–H and O–H groups in total. The van der Waals surface area contributed by atoms with E-state index in [0.29, 0.717) is 5.89 Å². The number of nitrogens with zero attached hydrogens (tertiary/aromatic N) is 3. The lowest BCUT2D eigenvalue weighted by molar-refractivity contribution is -0.0328. The summed E-state index contributed by atoms with van der Waals surface area (Å²) in [6.07, 6.45) is 1.78. The van der Waals surface area contributed by atoms with E-state index in [-0.39, 0.29) is 34.2 Å². The molecule has 10 heteroatoms. The van der Waals surface area contributed by atoms with Gasteiger partial charge in [0.1, 0.15) is 0 Å². The molecule has 0 bridgehead atoms. The Hall–Kier alpha value is -2.07. The molecule has 1 aromatic heterocycles. The summed E-state index contributed by atoms with van der Waals surface area (Å²) < 4.78 is 42.9.